The zero-order valence-electron chi connectivity index (χ0n) is 12.1. The van der Waals surface area contributed by atoms with Crippen LogP contribution in [0.15, 0.2) is 17.0 Å². The summed E-state index contributed by atoms with van der Waals surface area (Å²) >= 11 is 6.06. The van der Waals surface area contributed by atoms with Crippen LogP contribution in [0.25, 0.3) is 0 Å². The van der Waals surface area contributed by atoms with Gasteiger partial charge in [-0.25, -0.2) is 8.42 Å². The highest BCUT2D eigenvalue weighted by Crippen LogP contribution is 2.30. The monoisotopic (exact) mass is 316 g/mol. The van der Waals surface area contributed by atoms with Gasteiger partial charge >= 0.3 is 0 Å². The number of piperidine rings is 1. The summed E-state index contributed by atoms with van der Waals surface area (Å²) in [6, 6.07) is 2.99. The van der Waals surface area contributed by atoms with Gasteiger partial charge in [0, 0.05) is 23.8 Å². The maximum absolute atomic E-state index is 12.7. The Morgan fingerprint density at radius 1 is 1.25 bits per heavy atom. The summed E-state index contributed by atoms with van der Waals surface area (Å²) in [6.45, 7) is 7.04. The van der Waals surface area contributed by atoms with Gasteiger partial charge in [0.2, 0.25) is 10.0 Å². The zero-order chi connectivity index (χ0) is 15.1. The Hall–Kier alpha value is -0.780. The number of halogens is 1. The molecule has 20 heavy (non-hydrogen) atoms. The lowest BCUT2D eigenvalue weighted by Gasteiger charge is -2.34. The average Bonchev–Trinajstić information content (AvgIpc) is 2.34. The Bertz CT molecular complexity index is 583. The second kappa shape index (κ2) is 5.54. The zero-order valence-corrected chi connectivity index (χ0v) is 13.6. The molecule has 1 aliphatic rings. The summed E-state index contributed by atoms with van der Waals surface area (Å²) in [6.07, 6.45) is 1.06. The van der Waals surface area contributed by atoms with Crippen molar-refractivity contribution < 1.29 is 8.42 Å². The number of sulfonamides is 1. The van der Waals surface area contributed by atoms with Gasteiger partial charge in [0.25, 0.3) is 0 Å². The van der Waals surface area contributed by atoms with Crippen molar-refractivity contribution in [1.82, 2.24) is 4.31 Å². The van der Waals surface area contributed by atoms with E-state index in [9.17, 15) is 8.42 Å². The van der Waals surface area contributed by atoms with Gasteiger partial charge in [0.1, 0.15) is 0 Å². The molecular formula is C14H21ClN2O2S. The quantitative estimate of drug-likeness (QED) is 0.853. The molecule has 1 aromatic carbocycles. The van der Waals surface area contributed by atoms with Crippen molar-refractivity contribution in [2.75, 3.05) is 18.8 Å². The molecule has 2 unspecified atom stereocenters. The lowest BCUT2D eigenvalue weighted by molar-refractivity contribution is 0.222. The number of hydrogen-bond acceptors (Lipinski definition) is 3. The molecule has 0 spiro atoms. The highest BCUT2D eigenvalue weighted by molar-refractivity contribution is 7.89. The Labute approximate surface area is 126 Å². The van der Waals surface area contributed by atoms with Gasteiger partial charge in [-0.15, -0.1) is 0 Å². The van der Waals surface area contributed by atoms with Crippen LogP contribution in [0.4, 0.5) is 5.69 Å². The van der Waals surface area contributed by atoms with Crippen LogP contribution >= 0.6 is 11.6 Å². The fourth-order valence-electron chi connectivity index (χ4n) is 2.77. The molecule has 0 bridgehead atoms. The fraction of sp³-hybridized carbons (Fsp3) is 0.571. The molecular weight excluding hydrogens is 296 g/mol. The van der Waals surface area contributed by atoms with Crippen LogP contribution in [0.2, 0.25) is 5.02 Å². The molecule has 1 heterocycles. The van der Waals surface area contributed by atoms with Crippen molar-refractivity contribution >= 4 is 27.3 Å². The van der Waals surface area contributed by atoms with E-state index in [0.717, 1.165) is 6.42 Å². The molecule has 2 N–H and O–H groups in total. The predicted molar refractivity (Wildman–Crippen MR) is 82.3 cm³/mol. The number of anilines is 1. The minimum atomic E-state index is -3.52. The van der Waals surface area contributed by atoms with Crippen molar-refractivity contribution in [1.29, 1.82) is 0 Å². The summed E-state index contributed by atoms with van der Waals surface area (Å²) in [5.41, 5.74) is 6.96. The van der Waals surface area contributed by atoms with Crippen LogP contribution in [0.3, 0.4) is 0 Å². The molecule has 2 atom stereocenters. The predicted octanol–water partition coefficient (Wildman–Crippen LogP) is 2.90. The Morgan fingerprint density at radius 2 is 1.80 bits per heavy atom. The summed E-state index contributed by atoms with van der Waals surface area (Å²) in [5, 5.41) is 0.390. The van der Waals surface area contributed by atoms with E-state index in [4.69, 9.17) is 17.3 Å². The van der Waals surface area contributed by atoms with E-state index in [-0.39, 0.29) is 4.90 Å². The number of nitrogens with zero attached hydrogens (tertiary/aromatic N) is 1. The van der Waals surface area contributed by atoms with Crippen LogP contribution in [-0.4, -0.2) is 25.8 Å². The fourth-order valence-corrected chi connectivity index (χ4v) is 4.81. The first-order valence-electron chi connectivity index (χ1n) is 6.77. The van der Waals surface area contributed by atoms with E-state index in [0.29, 0.717) is 41.2 Å². The van der Waals surface area contributed by atoms with Crippen molar-refractivity contribution in [3.05, 3.63) is 22.7 Å². The first-order valence-corrected chi connectivity index (χ1v) is 8.59. The van der Waals surface area contributed by atoms with E-state index < -0.39 is 10.0 Å². The highest BCUT2D eigenvalue weighted by Gasteiger charge is 2.32. The van der Waals surface area contributed by atoms with Crippen molar-refractivity contribution in [3.63, 3.8) is 0 Å². The molecule has 112 valence electrons. The molecule has 0 aromatic heterocycles. The number of benzene rings is 1. The molecule has 0 amide bonds. The van der Waals surface area contributed by atoms with E-state index in [1.807, 2.05) is 0 Å². The lowest BCUT2D eigenvalue weighted by Crippen LogP contribution is -2.42. The standard InChI is InChI=1S/C14H21ClN2O2S/c1-9-4-10(2)8-17(7-9)20(18,19)12-5-13(15)11(3)14(16)6-12/h5-6,9-10H,4,7-8,16H2,1-3H3. The number of hydrogen-bond donors (Lipinski definition) is 1. The Kier molecular flexibility index (Phi) is 4.33. The van der Waals surface area contributed by atoms with Crippen LogP contribution in [0.1, 0.15) is 25.8 Å². The molecule has 2 rings (SSSR count). The minimum Gasteiger partial charge on any atom is -0.398 e. The number of nitrogens with two attached hydrogens (primary N) is 1. The van der Waals surface area contributed by atoms with Gasteiger partial charge in [-0.05, 0) is 42.9 Å². The number of nitrogen functional groups attached to an aromatic ring is 1. The summed E-state index contributed by atoms with van der Waals surface area (Å²) < 4.78 is 27.0. The second-order valence-corrected chi connectivity index (χ2v) is 8.23. The molecule has 1 fully saturated rings. The van der Waals surface area contributed by atoms with Gasteiger partial charge in [-0.3, -0.25) is 0 Å². The second-order valence-electron chi connectivity index (χ2n) is 5.89. The third-order valence-corrected chi connectivity index (χ3v) is 6.03. The average molecular weight is 317 g/mol. The van der Waals surface area contributed by atoms with Gasteiger partial charge in [-0.1, -0.05) is 25.4 Å². The molecule has 6 heteroatoms. The summed E-state index contributed by atoms with van der Waals surface area (Å²) in [5.74, 6) is 0.735. The van der Waals surface area contributed by atoms with Gasteiger partial charge in [-0.2, -0.15) is 4.31 Å². The summed E-state index contributed by atoms with van der Waals surface area (Å²) in [4.78, 5) is 0.187. The van der Waals surface area contributed by atoms with Crippen molar-refractivity contribution in [2.24, 2.45) is 11.8 Å². The maximum atomic E-state index is 12.7. The van der Waals surface area contributed by atoms with Gasteiger partial charge < -0.3 is 5.73 Å². The molecule has 0 saturated carbocycles. The Balaban J connectivity index is 2.40. The molecule has 1 aliphatic heterocycles. The third-order valence-electron chi connectivity index (χ3n) is 3.83. The van der Waals surface area contributed by atoms with Crippen LogP contribution in [-0.2, 0) is 10.0 Å². The van der Waals surface area contributed by atoms with Crippen LogP contribution < -0.4 is 5.73 Å². The number of rotatable bonds is 2. The third kappa shape index (κ3) is 2.95. The Morgan fingerprint density at radius 3 is 2.30 bits per heavy atom. The first-order chi connectivity index (χ1) is 9.21. The van der Waals surface area contributed by atoms with E-state index in [1.54, 1.807) is 11.2 Å². The van der Waals surface area contributed by atoms with Gasteiger partial charge in [0.15, 0.2) is 0 Å². The molecule has 0 radical (unpaired) electrons. The molecule has 1 saturated heterocycles. The highest BCUT2D eigenvalue weighted by atomic mass is 35.5. The van der Waals surface area contributed by atoms with E-state index >= 15 is 0 Å². The smallest absolute Gasteiger partial charge is 0.243 e. The summed E-state index contributed by atoms with van der Waals surface area (Å²) in [7, 11) is -3.52. The van der Waals surface area contributed by atoms with Crippen molar-refractivity contribution in [3.8, 4) is 0 Å². The molecule has 1 aromatic rings. The van der Waals surface area contributed by atoms with Gasteiger partial charge in [0.05, 0.1) is 4.90 Å². The SMILES string of the molecule is Cc1c(N)cc(S(=O)(=O)N2CC(C)CC(C)C2)cc1Cl. The van der Waals surface area contributed by atoms with E-state index in [2.05, 4.69) is 13.8 Å². The molecule has 0 aliphatic carbocycles. The van der Waals surface area contributed by atoms with Crippen LogP contribution in [0.5, 0.6) is 0 Å². The normalized spacial score (nSPS) is 24.8. The first kappa shape index (κ1) is 15.6. The van der Waals surface area contributed by atoms with E-state index in [1.165, 1.54) is 12.1 Å². The minimum absolute atomic E-state index is 0.187. The maximum Gasteiger partial charge on any atom is 0.243 e. The van der Waals surface area contributed by atoms with Crippen LogP contribution in [0, 0.1) is 18.8 Å². The molecule has 4 nitrogen and oxygen atoms in total. The van der Waals surface area contributed by atoms with Crippen molar-refractivity contribution in [2.45, 2.75) is 32.1 Å². The topological polar surface area (TPSA) is 63.4 Å². The largest absolute Gasteiger partial charge is 0.398 e. The lowest BCUT2D eigenvalue weighted by atomic mass is 9.94.